The number of halogens is 3. The average Bonchev–Trinajstić information content (AvgIpc) is 3.53. The fourth-order valence-electron chi connectivity index (χ4n) is 3.70. The minimum Gasteiger partial charge on any atom is -0.481 e. The summed E-state index contributed by atoms with van der Waals surface area (Å²) in [5, 5.41) is 15.6. The van der Waals surface area contributed by atoms with Crippen molar-refractivity contribution >= 4 is 74.8 Å². The van der Waals surface area contributed by atoms with Crippen molar-refractivity contribution < 1.29 is 19.1 Å². The molecular weight excluding hydrogens is 603 g/mol. The highest BCUT2D eigenvalue weighted by atomic mass is 35.5. The van der Waals surface area contributed by atoms with E-state index in [1.54, 1.807) is 47.8 Å². The standard InChI is InChI=1S/C26H23Cl3N4O4S2/c1-4-33-23(14(2)37-20-11-17(28)9-10-19(20)29)31-32-26(33)39-13-21(34)30-24-22(25(35)36-3)18(12-38-24)15-5-7-16(27)8-6-15/h5-12,14H,4,13H2,1-3H3,(H,30,34). The molecule has 8 nitrogen and oxygen atoms in total. The summed E-state index contributed by atoms with van der Waals surface area (Å²) in [6.07, 6.45) is -0.475. The summed E-state index contributed by atoms with van der Waals surface area (Å²) < 4.78 is 12.8. The summed E-state index contributed by atoms with van der Waals surface area (Å²) in [7, 11) is 1.30. The van der Waals surface area contributed by atoms with Gasteiger partial charge in [-0.1, -0.05) is 58.7 Å². The number of hydrogen-bond acceptors (Lipinski definition) is 8. The van der Waals surface area contributed by atoms with Crippen LogP contribution >= 0.6 is 57.9 Å². The number of carbonyl (C=O) groups is 2. The molecule has 2 heterocycles. The Morgan fingerprint density at radius 2 is 1.82 bits per heavy atom. The monoisotopic (exact) mass is 624 g/mol. The third-order valence-corrected chi connectivity index (χ3v) is 8.20. The normalized spacial score (nSPS) is 11.7. The zero-order valence-electron chi connectivity index (χ0n) is 21.0. The van der Waals surface area contributed by atoms with E-state index in [4.69, 9.17) is 44.3 Å². The fraction of sp³-hybridized carbons (Fsp3) is 0.231. The van der Waals surface area contributed by atoms with Gasteiger partial charge in [0.25, 0.3) is 0 Å². The Hall–Kier alpha value is -2.76. The van der Waals surface area contributed by atoms with Crippen molar-refractivity contribution in [3.05, 3.63) is 74.3 Å². The molecule has 2 aromatic carbocycles. The lowest BCUT2D eigenvalue weighted by Gasteiger charge is -2.16. The third-order valence-electron chi connectivity index (χ3n) is 5.54. The lowest BCUT2D eigenvalue weighted by molar-refractivity contribution is -0.113. The Balaban J connectivity index is 1.46. The van der Waals surface area contributed by atoms with Crippen LogP contribution in [0.5, 0.6) is 5.75 Å². The van der Waals surface area contributed by atoms with Crippen LogP contribution < -0.4 is 10.1 Å². The van der Waals surface area contributed by atoms with Crippen LogP contribution in [-0.4, -0.2) is 39.5 Å². The second-order valence-corrected chi connectivity index (χ2v) is 11.2. The first-order valence-corrected chi connectivity index (χ1v) is 14.6. The maximum atomic E-state index is 12.9. The fourth-order valence-corrected chi connectivity index (χ4v) is 5.94. The van der Waals surface area contributed by atoms with E-state index in [1.807, 2.05) is 18.4 Å². The quantitative estimate of drug-likeness (QED) is 0.143. The van der Waals surface area contributed by atoms with E-state index in [2.05, 4.69) is 15.5 Å². The maximum Gasteiger partial charge on any atom is 0.341 e. The number of aromatic nitrogens is 3. The number of anilines is 1. The van der Waals surface area contributed by atoms with Crippen molar-refractivity contribution in [1.82, 2.24) is 14.8 Å². The van der Waals surface area contributed by atoms with Gasteiger partial charge in [0.15, 0.2) is 17.1 Å². The Bertz CT molecular complexity index is 1490. The number of hydrogen-bond donors (Lipinski definition) is 1. The first kappa shape index (κ1) is 29.2. The van der Waals surface area contributed by atoms with E-state index in [-0.39, 0.29) is 17.2 Å². The number of nitrogens with one attached hydrogen (secondary N) is 1. The Kier molecular flexibility index (Phi) is 9.79. The van der Waals surface area contributed by atoms with Gasteiger partial charge < -0.3 is 19.4 Å². The molecule has 13 heteroatoms. The number of methoxy groups -OCH3 is 1. The highest BCUT2D eigenvalue weighted by Gasteiger charge is 2.24. The molecule has 4 rings (SSSR count). The van der Waals surface area contributed by atoms with Gasteiger partial charge in [0.2, 0.25) is 5.91 Å². The smallest absolute Gasteiger partial charge is 0.341 e. The Morgan fingerprint density at radius 3 is 2.51 bits per heavy atom. The van der Waals surface area contributed by atoms with Crippen molar-refractivity contribution in [3.8, 4) is 16.9 Å². The van der Waals surface area contributed by atoms with Crippen molar-refractivity contribution in [2.24, 2.45) is 0 Å². The van der Waals surface area contributed by atoms with Crippen LogP contribution in [0.15, 0.2) is 53.0 Å². The summed E-state index contributed by atoms with van der Waals surface area (Å²) in [6, 6.07) is 12.1. The van der Waals surface area contributed by atoms with Gasteiger partial charge >= 0.3 is 5.97 Å². The zero-order valence-corrected chi connectivity index (χ0v) is 24.9. The second-order valence-electron chi connectivity index (χ2n) is 8.11. The molecule has 1 amide bonds. The molecule has 1 N–H and O–H groups in total. The van der Waals surface area contributed by atoms with E-state index in [0.29, 0.717) is 48.9 Å². The summed E-state index contributed by atoms with van der Waals surface area (Å²) >= 11 is 20.8. The molecule has 2 aromatic heterocycles. The summed E-state index contributed by atoms with van der Waals surface area (Å²) in [5.74, 6) is 0.203. The van der Waals surface area contributed by atoms with Gasteiger partial charge in [0, 0.05) is 33.6 Å². The summed E-state index contributed by atoms with van der Waals surface area (Å²) in [6.45, 7) is 4.34. The molecule has 4 aromatic rings. The van der Waals surface area contributed by atoms with Crippen molar-refractivity contribution in [2.45, 2.75) is 31.7 Å². The molecule has 1 atom stereocenters. The topological polar surface area (TPSA) is 95.3 Å². The van der Waals surface area contributed by atoms with E-state index >= 15 is 0 Å². The number of thioether (sulfide) groups is 1. The van der Waals surface area contributed by atoms with Crippen LogP contribution in [0.1, 0.15) is 36.1 Å². The average molecular weight is 626 g/mol. The van der Waals surface area contributed by atoms with Gasteiger partial charge in [-0.3, -0.25) is 4.79 Å². The number of rotatable bonds is 10. The summed E-state index contributed by atoms with van der Waals surface area (Å²) in [4.78, 5) is 25.5. The lowest BCUT2D eigenvalue weighted by atomic mass is 10.0. The number of nitrogens with zero attached hydrogens (tertiary/aromatic N) is 3. The number of amides is 1. The van der Waals surface area contributed by atoms with Gasteiger partial charge in [0.05, 0.1) is 17.9 Å². The number of carbonyl (C=O) groups excluding carboxylic acids is 2. The van der Waals surface area contributed by atoms with Gasteiger partial charge in [0.1, 0.15) is 16.3 Å². The molecule has 0 aliphatic carbocycles. The number of thiophene rings is 1. The first-order chi connectivity index (χ1) is 18.7. The second kappa shape index (κ2) is 13.1. The molecule has 0 bridgehead atoms. The molecule has 0 radical (unpaired) electrons. The first-order valence-electron chi connectivity index (χ1n) is 11.6. The molecular formula is C26H23Cl3N4O4S2. The van der Waals surface area contributed by atoms with E-state index in [1.165, 1.54) is 30.2 Å². The van der Waals surface area contributed by atoms with Crippen LogP contribution in [0.25, 0.3) is 11.1 Å². The molecule has 0 saturated heterocycles. The SMILES string of the molecule is CCn1c(SCC(=O)Nc2scc(-c3ccc(Cl)cc3)c2C(=O)OC)nnc1C(C)Oc1cc(Cl)ccc1Cl. The Morgan fingerprint density at radius 1 is 1.10 bits per heavy atom. The van der Waals surface area contributed by atoms with Crippen LogP contribution in [-0.2, 0) is 16.1 Å². The Labute approximate surface area is 248 Å². The number of ether oxygens (including phenoxy) is 2. The largest absolute Gasteiger partial charge is 0.481 e. The van der Waals surface area contributed by atoms with Crippen LogP contribution in [0.4, 0.5) is 5.00 Å². The molecule has 0 aliphatic rings. The molecule has 204 valence electrons. The number of esters is 1. The lowest BCUT2D eigenvalue weighted by Crippen LogP contribution is -2.17. The molecule has 1 unspecified atom stereocenters. The van der Waals surface area contributed by atoms with Gasteiger partial charge in [-0.05, 0) is 43.7 Å². The third kappa shape index (κ3) is 6.88. The highest BCUT2D eigenvalue weighted by Crippen LogP contribution is 2.37. The van der Waals surface area contributed by atoms with Crippen molar-refractivity contribution in [2.75, 3.05) is 18.2 Å². The number of benzene rings is 2. The van der Waals surface area contributed by atoms with E-state index < -0.39 is 12.1 Å². The summed E-state index contributed by atoms with van der Waals surface area (Å²) in [5.41, 5.74) is 1.72. The van der Waals surface area contributed by atoms with E-state index in [0.717, 1.165) is 5.56 Å². The predicted molar refractivity (Wildman–Crippen MR) is 157 cm³/mol. The van der Waals surface area contributed by atoms with E-state index in [9.17, 15) is 9.59 Å². The van der Waals surface area contributed by atoms with Gasteiger partial charge in [-0.2, -0.15) is 0 Å². The maximum absolute atomic E-state index is 12.9. The van der Waals surface area contributed by atoms with Crippen molar-refractivity contribution in [3.63, 3.8) is 0 Å². The molecule has 0 saturated carbocycles. The minimum absolute atomic E-state index is 0.0439. The highest BCUT2D eigenvalue weighted by molar-refractivity contribution is 7.99. The predicted octanol–water partition coefficient (Wildman–Crippen LogP) is 7.64. The van der Waals surface area contributed by atoms with Crippen LogP contribution in [0.2, 0.25) is 15.1 Å². The van der Waals surface area contributed by atoms with Gasteiger partial charge in [-0.25, -0.2) is 4.79 Å². The van der Waals surface area contributed by atoms with Crippen LogP contribution in [0, 0.1) is 0 Å². The van der Waals surface area contributed by atoms with Crippen LogP contribution in [0.3, 0.4) is 0 Å². The molecule has 0 fully saturated rings. The minimum atomic E-state index is -0.548. The molecule has 0 spiro atoms. The van der Waals surface area contributed by atoms with Gasteiger partial charge in [-0.15, -0.1) is 21.5 Å². The molecule has 39 heavy (non-hydrogen) atoms. The molecule has 0 aliphatic heterocycles. The van der Waals surface area contributed by atoms with Crippen molar-refractivity contribution in [1.29, 1.82) is 0 Å². The zero-order chi connectivity index (χ0) is 28.1.